The first-order valence-corrected chi connectivity index (χ1v) is 6.25. The van der Waals surface area contributed by atoms with Gasteiger partial charge in [-0.25, -0.2) is 4.89 Å². The second-order valence-corrected chi connectivity index (χ2v) is 4.72. The van der Waals surface area contributed by atoms with Gasteiger partial charge in [-0.2, -0.15) is 0 Å². The standard InChI is InChI=1S/C14H20O2/c15-16-14(13-9-5-4-6-10-13)11-7-2-1-3-8-12-14/h4-6,9-10,15H,1-3,7-8,11-12H2. The van der Waals surface area contributed by atoms with Crippen LogP contribution in [0.3, 0.4) is 0 Å². The van der Waals surface area contributed by atoms with E-state index in [4.69, 9.17) is 4.89 Å². The number of hydrogen-bond donors (Lipinski definition) is 1. The molecule has 0 amide bonds. The van der Waals surface area contributed by atoms with Crippen LogP contribution in [0.1, 0.15) is 50.5 Å². The third-order valence-corrected chi connectivity index (χ3v) is 3.64. The number of benzene rings is 1. The van der Waals surface area contributed by atoms with Crippen LogP contribution >= 0.6 is 0 Å². The van der Waals surface area contributed by atoms with Crippen LogP contribution in [0.15, 0.2) is 30.3 Å². The third-order valence-electron chi connectivity index (χ3n) is 3.64. The molecule has 1 aromatic rings. The van der Waals surface area contributed by atoms with Gasteiger partial charge < -0.3 is 0 Å². The Hall–Kier alpha value is -0.860. The first-order valence-electron chi connectivity index (χ1n) is 6.25. The minimum absolute atomic E-state index is 0.457. The lowest BCUT2D eigenvalue weighted by Gasteiger charge is -2.32. The van der Waals surface area contributed by atoms with Gasteiger partial charge in [0, 0.05) is 0 Å². The first kappa shape index (κ1) is 11.6. The highest BCUT2D eigenvalue weighted by Crippen LogP contribution is 2.37. The Kier molecular flexibility index (Phi) is 3.97. The molecule has 1 fully saturated rings. The maximum atomic E-state index is 9.31. The summed E-state index contributed by atoms with van der Waals surface area (Å²) in [5, 5.41) is 9.31. The van der Waals surface area contributed by atoms with Gasteiger partial charge in [0.25, 0.3) is 0 Å². The average Bonchev–Trinajstić information content (AvgIpc) is 2.31. The summed E-state index contributed by atoms with van der Waals surface area (Å²) in [5.74, 6) is 0. The van der Waals surface area contributed by atoms with Crippen LogP contribution in [0.5, 0.6) is 0 Å². The van der Waals surface area contributed by atoms with Gasteiger partial charge in [-0.15, -0.1) is 0 Å². The molecule has 2 heteroatoms. The normalized spacial score (nSPS) is 21.1. The van der Waals surface area contributed by atoms with Gasteiger partial charge in [0.05, 0.1) is 0 Å². The topological polar surface area (TPSA) is 29.5 Å². The summed E-state index contributed by atoms with van der Waals surface area (Å²) >= 11 is 0. The van der Waals surface area contributed by atoms with Gasteiger partial charge in [0.1, 0.15) is 5.60 Å². The molecule has 0 unspecified atom stereocenters. The zero-order chi connectivity index (χ0) is 11.3. The molecule has 2 rings (SSSR count). The molecule has 1 N–H and O–H groups in total. The Morgan fingerprint density at radius 1 is 0.875 bits per heavy atom. The van der Waals surface area contributed by atoms with Gasteiger partial charge in [0.2, 0.25) is 0 Å². The van der Waals surface area contributed by atoms with Gasteiger partial charge >= 0.3 is 0 Å². The Balaban J connectivity index is 2.22. The van der Waals surface area contributed by atoms with Crippen molar-refractivity contribution in [1.29, 1.82) is 0 Å². The lowest BCUT2D eigenvalue weighted by molar-refractivity contribution is -0.334. The van der Waals surface area contributed by atoms with Crippen LogP contribution < -0.4 is 0 Å². The zero-order valence-corrected chi connectivity index (χ0v) is 9.69. The summed E-state index contributed by atoms with van der Waals surface area (Å²) in [6.45, 7) is 0. The van der Waals surface area contributed by atoms with Crippen molar-refractivity contribution >= 4 is 0 Å². The Morgan fingerprint density at radius 2 is 1.44 bits per heavy atom. The molecule has 1 aliphatic carbocycles. The average molecular weight is 220 g/mol. The minimum atomic E-state index is -0.457. The first-order chi connectivity index (χ1) is 7.87. The molecule has 0 aromatic heterocycles. The molecule has 88 valence electrons. The maximum Gasteiger partial charge on any atom is 0.128 e. The Morgan fingerprint density at radius 3 is 2.00 bits per heavy atom. The van der Waals surface area contributed by atoms with Crippen LogP contribution in [0.4, 0.5) is 0 Å². The van der Waals surface area contributed by atoms with E-state index in [1.54, 1.807) is 0 Å². The summed E-state index contributed by atoms with van der Waals surface area (Å²) in [5.41, 5.74) is 0.654. The fourth-order valence-electron chi connectivity index (χ4n) is 2.65. The highest BCUT2D eigenvalue weighted by molar-refractivity contribution is 5.22. The summed E-state index contributed by atoms with van der Waals surface area (Å²) in [6, 6.07) is 10.1. The molecule has 0 radical (unpaired) electrons. The highest BCUT2D eigenvalue weighted by atomic mass is 17.1. The van der Waals surface area contributed by atoms with Crippen LogP contribution in [-0.2, 0) is 10.5 Å². The van der Waals surface area contributed by atoms with E-state index in [0.717, 1.165) is 31.2 Å². The smallest absolute Gasteiger partial charge is 0.128 e. The molecule has 1 aromatic carbocycles. The molecule has 0 heterocycles. The fourth-order valence-corrected chi connectivity index (χ4v) is 2.65. The monoisotopic (exact) mass is 220 g/mol. The Labute approximate surface area is 97.2 Å². The van der Waals surface area contributed by atoms with E-state index in [-0.39, 0.29) is 0 Å². The molecule has 1 aliphatic rings. The van der Waals surface area contributed by atoms with E-state index in [9.17, 15) is 5.26 Å². The molecule has 0 spiro atoms. The highest BCUT2D eigenvalue weighted by Gasteiger charge is 2.33. The van der Waals surface area contributed by atoms with Crippen molar-refractivity contribution in [3.05, 3.63) is 35.9 Å². The minimum Gasteiger partial charge on any atom is -0.251 e. The second kappa shape index (κ2) is 5.46. The van der Waals surface area contributed by atoms with Crippen molar-refractivity contribution in [3.63, 3.8) is 0 Å². The molecule has 16 heavy (non-hydrogen) atoms. The van der Waals surface area contributed by atoms with Crippen molar-refractivity contribution in [2.45, 2.75) is 50.5 Å². The molecule has 0 atom stereocenters. The second-order valence-electron chi connectivity index (χ2n) is 4.72. The van der Waals surface area contributed by atoms with Crippen molar-refractivity contribution in [2.24, 2.45) is 0 Å². The van der Waals surface area contributed by atoms with E-state index in [0.29, 0.717) is 0 Å². The van der Waals surface area contributed by atoms with E-state index >= 15 is 0 Å². The van der Waals surface area contributed by atoms with Crippen molar-refractivity contribution in [2.75, 3.05) is 0 Å². The van der Waals surface area contributed by atoms with Crippen LogP contribution in [0.2, 0.25) is 0 Å². The summed E-state index contributed by atoms with van der Waals surface area (Å²) < 4.78 is 0. The van der Waals surface area contributed by atoms with Gasteiger partial charge in [0.15, 0.2) is 0 Å². The third kappa shape index (κ3) is 2.45. The van der Waals surface area contributed by atoms with E-state index in [1.165, 1.54) is 19.3 Å². The molecule has 1 saturated carbocycles. The van der Waals surface area contributed by atoms with Gasteiger partial charge in [-0.05, 0) is 18.4 Å². The predicted octanol–water partition coefficient (Wildman–Crippen LogP) is 4.12. The van der Waals surface area contributed by atoms with Crippen LogP contribution in [-0.4, -0.2) is 5.26 Å². The number of rotatable bonds is 2. The van der Waals surface area contributed by atoms with Gasteiger partial charge in [-0.3, -0.25) is 5.26 Å². The SMILES string of the molecule is OOC1(c2ccccc2)CCCCCCC1. The lowest BCUT2D eigenvalue weighted by atomic mass is 9.82. The molecule has 2 nitrogen and oxygen atoms in total. The van der Waals surface area contributed by atoms with Crippen LogP contribution in [0.25, 0.3) is 0 Å². The summed E-state index contributed by atoms with van der Waals surface area (Å²) in [7, 11) is 0. The molecule has 0 bridgehead atoms. The fraction of sp³-hybridized carbons (Fsp3) is 0.571. The van der Waals surface area contributed by atoms with Crippen molar-refractivity contribution in [1.82, 2.24) is 0 Å². The van der Waals surface area contributed by atoms with Crippen LogP contribution in [0, 0.1) is 0 Å². The molecular weight excluding hydrogens is 200 g/mol. The maximum absolute atomic E-state index is 9.31. The quantitative estimate of drug-likeness (QED) is 0.600. The van der Waals surface area contributed by atoms with E-state index < -0.39 is 5.60 Å². The van der Waals surface area contributed by atoms with E-state index in [1.807, 2.05) is 18.2 Å². The Bertz CT molecular complexity index is 300. The van der Waals surface area contributed by atoms with Crippen molar-refractivity contribution in [3.8, 4) is 0 Å². The molecule has 0 aliphatic heterocycles. The largest absolute Gasteiger partial charge is 0.251 e. The van der Waals surface area contributed by atoms with Gasteiger partial charge in [-0.1, -0.05) is 62.4 Å². The predicted molar refractivity (Wildman–Crippen MR) is 64.2 cm³/mol. The molecule has 0 saturated heterocycles. The van der Waals surface area contributed by atoms with E-state index in [2.05, 4.69) is 12.1 Å². The zero-order valence-electron chi connectivity index (χ0n) is 9.69. The number of hydrogen-bond acceptors (Lipinski definition) is 2. The lowest BCUT2D eigenvalue weighted by Crippen LogP contribution is -2.29. The molecular formula is C14H20O2. The summed E-state index contributed by atoms with van der Waals surface area (Å²) in [4.78, 5) is 4.90. The summed E-state index contributed by atoms with van der Waals surface area (Å²) in [6.07, 6.45) is 7.93. The van der Waals surface area contributed by atoms with Crippen molar-refractivity contribution < 1.29 is 10.1 Å².